The number of aromatic nitrogens is 4. The van der Waals surface area contributed by atoms with Crippen LogP contribution in [0, 0.1) is 0 Å². The molecule has 2 heterocycles. The Labute approximate surface area is 160 Å². The summed E-state index contributed by atoms with van der Waals surface area (Å²) in [6.07, 6.45) is 0. The zero-order valence-electron chi connectivity index (χ0n) is 14.9. The summed E-state index contributed by atoms with van der Waals surface area (Å²) < 4.78 is 0. The van der Waals surface area contributed by atoms with Crippen LogP contribution in [0.3, 0.4) is 0 Å². The van der Waals surface area contributed by atoms with Crippen LogP contribution in [0.5, 0.6) is 0 Å². The highest BCUT2D eigenvalue weighted by atomic mass is 14.8. The summed E-state index contributed by atoms with van der Waals surface area (Å²) in [7, 11) is 0. The lowest BCUT2D eigenvalue weighted by atomic mass is 10.0. The molecule has 130 valence electrons. The van der Waals surface area contributed by atoms with Crippen LogP contribution in [-0.2, 0) is 0 Å². The first-order chi connectivity index (χ1) is 13.8. The predicted molar refractivity (Wildman–Crippen MR) is 113 cm³/mol. The van der Waals surface area contributed by atoms with Crippen molar-refractivity contribution in [1.82, 2.24) is 19.9 Å². The Balaban J connectivity index is 1.62. The van der Waals surface area contributed by atoms with Crippen molar-refractivity contribution in [2.45, 2.75) is 0 Å². The molecule has 0 aliphatic carbocycles. The second-order valence-corrected chi connectivity index (χ2v) is 6.80. The van der Waals surface area contributed by atoms with Crippen molar-refractivity contribution < 1.29 is 0 Å². The van der Waals surface area contributed by atoms with E-state index < -0.39 is 0 Å². The fourth-order valence-corrected chi connectivity index (χ4v) is 3.66. The fourth-order valence-electron chi connectivity index (χ4n) is 3.66. The van der Waals surface area contributed by atoms with E-state index in [0.717, 1.165) is 55.3 Å². The molecule has 28 heavy (non-hydrogen) atoms. The van der Waals surface area contributed by atoms with E-state index in [-0.39, 0.29) is 0 Å². The molecule has 4 aromatic carbocycles. The number of para-hydroxylation sites is 5. The standard InChI is InChI=1S/C24H14N4/c1-2-8-18-17(7-1)25-21-13-12-15(14-23(21)27-18)16-6-5-11-22-24(16)28-20-10-4-3-9-19(20)26-22/h1-14H. The van der Waals surface area contributed by atoms with Gasteiger partial charge in [0.1, 0.15) is 0 Å². The fraction of sp³-hybridized carbons (Fsp3) is 0. The molecule has 0 atom stereocenters. The third kappa shape index (κ3) is 2.32. The van der Waals surface area contributed by atoms with Crippen molar-refractivity contribution in [3.63, 3.8) is 0 Å². The monoisotopic (exact) mass is 358 g/mol. The molecule has 4 heteroatoms. The minimum Gasteiger partial charge on any atom is -0.245 e. The van der Waals surface area contributed by atoms with Gasteiger partial charge in [-0.1, -0.05) is 42.5 Å². The molecule has 0 unspecified atom stereocenters. The lowest BCUT2D eigenvalue weighted by Crippen LogP contribution is -1.91. The van der Waals surface area contributed by atoms with Gasteiger partial charge in [0.25, 0.3) is 0 Å². The van der Waals surface area contributed by atoms with Crippen molar-refractivity contribution in [3.8, 4) is 11.1 Å². The van der Waals surface area contributed by atoms with Crippen LogP contribution in [0.1, 0.15) is 0 Å². The van der Waals surface area contributed by atoms with Gasteiger partial charge in [-0.05, 0) is 48.0 Å². The van der Waals surface area contributed by atoms with Crippen LogP contribution < -0.4 is 0 Å². The Morgan fingerprint density at radius 1 is 0.393 bits per heavy atom. The average Bonchev–Trinajstić information content (AvgIpc) is 2.75. The van der Waals surface area contributed by atoms with Crippen LogP contribution >= 0.6 is 0 Å². The van der Waals surface area contributed by atoms with E-state index in [4.69, 9.17) is 19.9 Å². The van der Waals surface area contributed by atoms with E-state index in [1.54, 1.807) is 0 Å². The Morgan fingerprint density at radius 3 is 1.64 bits per heavy atom. The van der Waals surface area contributed by atoms with Crippen molar-refractivity contribution in [2.24, 2.45) is 0 Å². The summed E-state index contributed by atoms with van der Waals surface area (Å²) in [6.45, 7) is 0. The summed E-state index contributed by atoms with van der Waals surface area (Å²) >= 11 is 0. The van der Waals surface area contributed by atoms with Gasteiger partial charge < -0.3 is 0 Å². The minimum absolute atomic E-state index is 0.877. The van der Waals surface area contributed by atoms with Crippen LogP contribution in [0.4, 0.5) is 0 Å². The highest BCUT2D eigenvalue weighted by Crippen LogP contribution is 2.30. The topological polar surface area (TPSA) is 51.6 Å². The van der Waals surface area contributed by atoms with Gasteiger partial charge in [-0.2, -0.15) is 0 Å². The maximum Gasteiger partial charge on any atom is 0.0972 e. The quantitative estimate of drug-likeness (QED) is 0.362. The molecule has 0 amide bonds. The number of benzene rings is 4. The first kappa shape index (κ1) is 15.2. The summed E-state index contributed by atoms with van der Waals surface area (Å²) in [5.41, 5.74) is 9.27. The maximum absolute atomic E-state index is 4.89. The highest BCUT2D eigenvalue weighted by Gasteiger charge is 2.10. The van der Waals surface area contributed by atoms with Crippen LogP contribution in [0.25, 0.3) is 55.3 Å². The van der Waals surface area contributed by atoms with Crippen LogP contribution in [0.2, 0.25) is 0 Å². The number of hydrogen-bond acceptors (Lipinski definition) is 4. The van der Waals surface area contributed by atoms with Gasteiger partial charge in [0.15, 0.2) is 0 Å². The number of nitrogens with zero attached hydrogens (tertiary/aromatic N) is 4. The van der Waals surface area contributed by atoms with Gasteiger partial charge in [0, 0.05) is 5.56 Å². The van der Waals surface area contributed by atoms with Gasteiger partial charge in [0.2, 0.25) is 0 Å². The molecule has 0 saturated carbocycles. The van der Waals surface area contributed by atoms with E-state index in [0.29, 0.717) is 0 Å². The van der Waals surface area contributed by atoms with Crippen molar-refractivity contribution in [3.05, 3.63) is 84.9 Å². The molecule has 0 saturated heterocycles. The average molecular weight is 358 g/mol. The molecular weight excluding hydrogens is 344 g/mol. The molecule has 2 aromatic heterocycles. The summed E-state index contributed by atoms with van der Waals surface area (Å²) in [5.74, 6) is 0. The molecule has 0 spiro atoms. The first-order valence-electron chi connectivity index (χ1n) is 9.18. The molecule has 4 nitrogen and oxygen atoms in total. The lowest BCUT2D eigenvalue weighted by molar-refractivity contribution is 1.38. The molecule has 0 radical (unpaired) electrons. The number of hydrogen-bond donors (Lipinski definition) is 0. The van der Waals surface area contributed by atoms with E-state index in [1.807, 2.05) is 66.7 Å². The molecule has 0 aliphatic heterocycles. The molecular formula is C24H14N4. The zero-order chi connectivity index (χ0) is 18.5. The van der Waals surface area contributed by atoms with Crippen LogP contribution in [-0.4, -0.2) is 19.9 Å². The van der Waals surface area contributed by atoms with Gasteiger partial charge in [-0.25, -0.2) is 19.9 Å². The summed E-state index contributed by atoms with van der Waals surface area (Å²) in [6, 6.07) is 28.2. The van der Waals surface area contributed by atoms with Crippen LogP contribution in [0.15, 0.2) is 84.9 Å². The Kier molecular flexibility index (Phi) is 3.14. The summed E-state index contributed by atoms with van der Waals surface area (Å²) in [5, 5.41) is 0. The Hall–Kier alpha value is -3.92. The zero-order valence-corrected chi connectivity index (χ0v) is 14.9. The Morgan fingerprint density at radius 2 is 0.929 bits per heavy atom. The molecule has 0 fully saturated rings. The van der Waals surface area contributed by atoms with E-state index in [2.05, 4.69) is 18.2 Å². The molecule has 6 aromatic rings. The second-order valence-electron chi connectivity index (χ2n) is 6.80. The van der Waals surface area contributed by atoms with E-state index >= 15 is 0 Å². The normalized spacial score (nSPS) is 11.6. The molecule has 0 bridgehead atoms. The highest BCUT2D eigenvalue weighted by molar-refractivity contribution is 5.98. The SMILES string of the molecule is c1ccc2nc3cc(-c4cccc5nc6ccccc6nc45)ccc3nc2c1. The van der Waals surface area contributed by atoms with Crippen molar-refractivity contribution >= 4 is 44.1 Å². The molecule has 0 N–H and O–H groups in total. The van der Waals surface area contributed by atoms with E-state index in [1.165, 1.54) is 0 Å². The summed E-state index contributed by atoms with van der Waals surface area (Å²) in [4.78, 5) is 19.2. The smallest absolute Gasteiger partial charge is 0.0972 e. The molecule has 0 aliphatic rings. The van der Waals surface area contributed by atoms with E-state index in [9.17, 15) is 0 Å². The predicted octanol–water partition coefficient (Wildman–Crippen LogP) is 5.55. The minimum atomic E-state index is 0.877. The first-order valence-corrected chi connectivity index (χ1v) is 9.18. The molecule has 6 rings (SSSR count). The number of fused-ring (bicyclic) bond motifs is 4. The van der Waals surface area contributed by atoms with Gasteiger partial charge in [-0.3, -0.25) is 0 Å². The third-order valence-corrected chi connectivity index (χ3v) is 5.02. The Bertz CT molecular complexity index is 1520. The largest absolute Gasteiger partial charge is 0.245 e. The van der Waals surface area contributed by atoms with Crippen molar-refractivity contribution in [1.29, 1.82) is 0 Å². The van der Waals surface area contributed by atoms with Gasteiger partial charge in [0.05, 0.1) is 44.1 Å². The van der Waals surface area contributed by atoms with Crippen molar-refractivity contribution in [2.75, 3.05) is 0 Å². The third-order valence-electron chi connectivity index (χ3n) is 5.02. The second kappa shape index (κ2) is 5.79. The number of rotatable bonds is 1. The van der Waals surface area contributed by atoms with Gasteiger partial charge >= 0.3 is 0 Å². The maximum atomic E-state index is 4.89. The lowest BCUT2D eigenvalue weighted by Gasteiger charge is -2.08. The van der Waals surface area contributed by atoms with Gasteiger partial charge in [-0.15, -0.1) is 0 Å².